The Hall–Kier alpha value is -0.900. The molecule has 0 aliphatic heterocycles. The fraction of sp³-hybridized carbons (Fsp3) is 0.750. The van der Waals surface area contributed by atoms with Crippen molar-refractivity contribution in [3.05, 3.63) is 15.6 Å². The van der Waals surface area contributed by atoms with Gasteiger partial charge >= 0.3 is 5.97 Å². The molecule has 0 unspecified atom stereocenters. The van der Waals surface area contributed by atoms with Crippen molar-refractivity contribution in [1.29, 1.82) is 0 Å². The van der Waals surface area contributed by atoms with Gasteiger partial charge in [0.2, 0.25) is 0 Å². The van der Waals surface area contributed by atoms with Crippen molar-refractivity contribution in [2.75, 3.05) is 0 Å². The topological polar surface area (TPSA) is 50.2 Å². The standard InChI is InChI=1S/C16H27NO2S/c1-3-4-5-6-7-8-9-10-15-17-13(2)14(20-15)11-12-16(18)19/h3-12H2,1-2H3,(H,18,19). The van der Waals surface area contributed by atoms with Crippen LogP contribution < -0.4 is 0 Å². The Morgan fingerprint density at radius 1 is 1.10 bits per heavy atom. The number of thiazole rings is 1. The summed E-state index contributed by atoms with van der Waals surface area (Å²) in [6, 6.07) is 0. The summed E-state index contributed by atoms with van der Waals surface area (Å²) >= 11 is 1.70. The van der Waals surface area contributed by atoms with Crippen LogP contribution in [0.5, 0.6) is 0 Å². The molecule has 1 heterocycles. The number of nitrogens with zero attached hydrogens (tertiary/aromatic N) is 1. The normalized spacial score (nSPS) is 10.9. The van der Waals surface area contributed by atoms with Gasteiger partial charge in [0, 0.05) is 4.88 Å². The Labute approximate surface area is 126 Å². The summed E-state index contributed by atoms with van der Waals surface area (Å²) in [6.07, 6.45) is 11.1. The summed E-state index contributed by atoms with van der Waals surface area (Å²) in [4.78, 5) is 16.3. The van der Waals surface area contributed by atoms with E-state index in [0.29, 0.717) is 6.42 Å². The number of unbranched alkanes of at least 4 members (excludes halogenated alkanes) is 6. The second kappa shape index (κ2) is 9.92. The lowest BCUT2D eigenvalue weighted by atomic mass is 10.1. The highest BCUT2D eigenvalue weighted by Gasteiger charge is 2.09. The van der Waals surface area contributed by atoms with E-state index in [1.807, 2.05) is 6.92 Å². The lowest BCUT2D eigenvalue weighted by Gasteiger charge is -1.99. The summed E-state index contributed by atoms with van der Waals surface area (Å²) in [5.41, 5.74) is 1.02. The average Bonchev–Trinajstić information content (AvgIpc) is 2.76. The van der Waals surface area contributed by atoms with E-state index >= 15 is 0 Å². The van der Waals surface area contributed by atoms with Crippen LogP contribution in [-0.2, 0) is 17.6 Å². The third kappa shape index (κ3) is 7.04. The largest absolute Gasteiger partial charge is 0.481 e. The molecule has 4 heteroatoms. The molecule has 1 aromatic heterocycles. The van der Waals surface area contributed by atoms with Gasteiger partial charge in [-0.05, 0) is 26.2 Å². The molecule has 0 amide bonds. The molecule has 1 rings (SSSR count). The van der Waals surface area contributed by atoms with E-state index < -0.39 is 5.97 Å². The highest BCUT2D eigenvalue weighted by molar-refractivity contribution is 7.11. The highest BCUT2D eigenvalue weighted by Crippen LogP contribution is 2.21. The molecular weight excluding hydrogens is 270 g/mol. The molecule has 0 saturated heterocycles. The quantitative estimate of drug-likeness (QED) is 0.599. The summed E-state index contributed by atoms with van der Waals surface area (Å²) in [5, 5.41) is 9.90. The van der Waals surface area contributed by atoms with Crippen molar-refractivity contribution in [3.8, 4) is 0 Å². The van der Waals surface area contributed by atoms with Crippen molar-refractivity contribution in [1.82, 2.24) is 4.98 Å². The Balaban J connectivity index is 2.20. The maximum atomic E-state index is 10.6. The summed E-state index contributed by atoms with van der Waals surface area (Å²) in [5.74, 6) is -0.730. The van der Waals surface area contributed by atoms with E-state index in [-0.39, 0.29) is 6.42 Å². The van der Waals surface area contributed by atoms with Crippen LogP contribution in [0.2, 0.25) is 0 Å². The van der Waals surface area contributed by atoms with Crippen LogP contribution in [0.4, 0.5) is 0 Å². The number of carbonyl (C=O) groups is 1. The second-order valence-corrected chi connectivity index (χ2v) is 6.55. The van der Waals surface area contributed by atoms with Crippen molar-refractivity contribution >= 4 is 17.3 Å². The van der Waals surface area contributed by atoms with Crippen molar-refractivity contribution in [3.63, 3.8) is 0 Å². The molecule has 20 heavy (non-hydrogen) atoms. The number of aromatic nitrogens is 1. The number of rotatable bonds is 11. The molecule has 0 bridgehead atoms. The summed E-state index contributed by atoms with van der Waals surface area (Å²) < 4.78 is 0. The zero-order valence-corrected chi connectivity index (χ0v) is 13.6. The van der Waals surface area contributed by atoms with E-state index in [1.54, 1.807) is 11.3 Å². The molecule has 0 radical (unpaired) electrons. The molecule has 0 aliphatic rings. The number of hydrogen-bond acceptors (Lipinski definition) is 3. The van der Waals surface area contributed by atoms with E-state index in [9.17, 15) is 4.79 Å². The zero-order chi connectivity index (χ0) is 14.8. The fourth-order valence-electron chi connectivity index (χ4n) is 2.28. The molecule has 0 aromatic carbocycles. The van der Waals surface area contributed by atoms with Crippen LogP contribution in [0.3, 0.4) is 0 Å². The molecule has 0 spiro atoms. The highest BCUT2D eigenvalue weighted by atomic mass is 32.1. The maximum Gasteiger partial charge on any atom is 0.303 e. The number of aliphatic carboxylic acids is 1. The Morgan fingerprint density at radius 2 is 1.75 bits per heavy atom. The third-order valence-electron chi connectivity index (χ3n) is 3.50. The Morgan fingerprint density at radius 3 is 2.40 bits per heavy atom. The summed E-state index contributed by atoms with van der Waals surface area (Å²) in [6.45, 7) is 4.23. The number of carboxylic acids is 1. The van der Waals surface area contributed by atoms with E-state index in [2.05, 4.69) is 11.9 Å². The van der Waals surface area contributed by atoms with Gasteiger partial charge < -0.3 is 5.11 Å². The van der Waals surface area contributed by atoms with E-state index in [4.69, 9.17) is 5.11 Å². The molecule has 3 nitrogen and oxygen atoms in total. The minimum absolute atomic E-state index is 0.208. The van der Waals surface area contributed by atoms with Gasteiger partial charge in [0.1, 0.15) is 0 Å². The second-order valence-electron chi connectivity index (χ2n) is 5.38. The first-order valence-corrected chi connectivity index (χ1v) is 8.62. The van der Waals surface area contributed by atoms with Crippen LogP contribution in [0.25, 0.3) is 0 Å². The monoisotopic (exact) mass is 297 g/mol. The van der Waals surface area contributed by atoms with Crippen LogP contribution in [0.1, 0.15) is 73.9 Å². The van der Waals surface area contributed by atoms with Gasteiger partial charge in [0.25, 0.3) is 0 Å². The van der Waals surface area contributed by atoms with Gasteiger partial charge in [-0.3, -0.25) is 4.79 Å². The average molecular weight is 297 g/mol. The van der Waals surface area contributed by atoms with Crippen molar-refractivity contribution in [2.45, 2.75) is 78.1 Å². The lowest BCUT2D eigenvalue weighted by Crippen LogP contribution is -1.96. The molecule has 1 N–H and O–H groups in total. The molecule has 0 atom stereocenters. The van der Waals surface area contributed by atoms with Gasteiger partial charge in [-0.1, -0.05) is 45.4 Å². The first kappa shape index (κ1) is 17.2. The molecule has 0 aliphatic carbocycles. The Kier molecular flexibility index (Phi) is 8.51. The molecule has 114 valence electrons. The maximum absolute atomic E-state index is 10.6. The van der Waals surface area contributed by atoms with Gasteiger partial charge in [0.15, 0.2) is 0 Å². The molecular formula is C16H27NO2S. The fourth-order valence-corrected chi connectivity index (χ4v) is 3.39. The van der Waals surface area contributed by atoms with Crippen molar-refractivity contribution < 1.29 is 9.90 Å². The number of hydrogen-bond donors (Lipinski definition) is 1. The first-order chi connectivity index (χ1) is 9.63. The molecule has 1 aromatic rings. The SMILES string of the molecule is CCCCCCCCCc1nc(C)c(CCC(=O)O)s1. The Bertz CT molecular complexity index is 401. The summed E-state index contributed by atoms with van der Waals surface area (Å²) in [7, 11) is 0. The third-order valence-corrected chi connectivity index (χ3v) is 4.77. The lowest BCUT2D eigenvalue weighted by molar-refractivity contribution is -0.136. The minimum Gasteiger partial charge on any atom is -0.481 e. The van der Waals surface area contributed by atoms with Crippen LogP contribution in [-0.4, -0.2) is 16.1 Å². The molecule has 0 fully saturated rings. The van der Waals surface area contributed by atoms with Gasteiger partial charge in [-0.15, -0.1) is 11.3 Å². The zero-order valence-electron chi connectivity index (χ0n) is 12.8. The van der Waals surface area contributed by atoms with Gasteiger partial charge in [0.05, 0.1) is 17.1 Å². The first-order valence-electron chi connectivity index (χ1n) is 7.80. The minimum atomic E-state index is -0.730. The van der Waals surface area contributed by atoms with Crippen LogP contribution >= 0.6 is 11.3 Å². The van der Waals surface area contributed by atoms with Gasteiger partial charge in [-0.2, -0.15) is 0 Å². The predicted octanol–water partition coefficient (Wildman–Crippen LogP) is 4.76. The van der Waals surface area contributed by atoms with Crippen LogP contribution in [0, 0.1) is 6.92 Å². The van der Waals surface area contributed by atoms with Gasteiger partial charge in [-0.25, -0.2) is 4.98 Å². The number of aryl methyl sites for hydroxylation is 3. The number of carboxylic acid groups (broad SMARTS) is 1. The van der Waals surface area contributed by atoms with E-state index in [0.717, 1.165) is 17.0 Å². The molecule has 0 saturated carbocycles. The van der Waals surface area contributed by atoms with Crippen LogP contribution in [0.15, 0.2) is 0 Å². The predicted molar refractivity (Wildman–Crippen MR) is 84.5 cm³/mol. The smallest absolute Gasteiger partial charge is 0.303 e. The van der Waals surface area contributed by atoms with Crippen molar-refractivity contribution in [2.24, 2.45) is 0 Å². The van der Waals surface area contributed by atoms with E-state index in [1.165, 1.54) is 50.0 Å².